The lowest BCUT2D eigenvalue weighted by molar-refractivity contribution is 0.583. The minimum absolute atomic E-state index is 0.0725. The number of nitrogens with one attached hydrogen (secondary N) is 1. The number of hydrogen-bond donors (Lipinski definition) is 1. The molecule has 0 saturated carbocycles. The fraction of sp³-hybridized carbons (Fsp3) is 0.308. The second-order valence-corrected chi connectivity index (χ2v) is 5.26. The number of aromatic nitrogens is 1. The van der Waals surface area contributed by atoms with Crippen LogP contribution in [0.1, 0.15) is 30.0 Å². The van der Waals surface area contributed by atoms with Crippen molar-refractivity contribution in [2.45, 2.75) is 19.4 Å². The third-order valence-corrected chi connectivity index (χ3v) is 3.72. The van der Waals surface area contributed by atoms with Crippen molar-refractivity contribution in [3.63, 3.8) is 0 Å². The molecule has 0 aliphatic heterocycles. The van der Waals surface area contributed by atoms with Crippen LogP contribution < -0.4 is 5.32 Å². The predicted octanol–water partition coefficient (Wildman–Crippen LogP) is 4.02. The Morgan fingerprint density at radius 3 is 2.94 bits per heavy atom. The molecule has 96 valence electrons. The van der Waals surface area contributed by atoms with E-state index >= 15 is 0 Å². The molecule has 1 heterocycles. The summed E-state index contributed by atoms with van der Waals surface area (Å²) >= 11 is 7.26. The van der Waals surface area contributed by atoms with Gasteiger partial charge in [0.2, 0.25) is 0 Å². The Kier molecular flexibility index (Phi) is 4.69. The molecule has 2 aromatic rings. The minimum atomic E-state index is -0.394. The summed E-state index contributed by atoms with van der Waals surface area (Å²) in [6.45, 7) is 2.95. The van der Waals surface area contributed by atoms with Crippen LogP contribution in [0, 0.1) is 5.82 Å². The summed E-state index contributed by atoms with van der Waals surface area (Å²) in [4.78, 5) is 4.30. The highest BCUT2D eigenvalue weighted by atomic mass is 35.5. The van der Waals surface area contributed by atoms with Crippen molar-refractivity contribution in [3.05, 3.63) is 51.2 Å². The van der Waals surface area contributed by atoms with Crippen LogP contribution in [0.4, 0.5) is 4.39 Å². The van der Waals surface area contributed by atoms with Crippen molar-refractivity contribution in [2.24, 2.45) is 0 Å². The Balaban J connectivity index is 2.30. The van der Waals surface area contributed by atoms with Crippen LogP contribution >= 0.6 is 22.9 Å². The Labute approximate surface area is 115 Å². The quantitative estimate of drug-likeness (QED) is 0.897. The Morgan fingerprint density at radius 2 is 2.33 bits per heavy atom. The molecule has 0 radical (unpaired) electrons. The molecule has 0 spiro atoms. The molecular formula is C13H14ClFN2S. The molecule has 18 heavy (non-hydrogen) atoms. The zero-order valence-corrected chi connectivity index (χ0v) is 11.6. The van der Waals surface area contributed by atoms with Crippen LogP contribution in [0.3, 0.4) is 0 Å². The molecule has 0 aliphatic rings. The summed E-state index contributed by atoms with van der Waals surface area (Å²) in [5.41, 5.74) is 0.848. The van der Waals surface area contributed by atoms with Gasteiger partial charge in [0.1, 0.15) is 10.8 Å². The van der Waals surface area contributed by atoms with E-state index in [1.165, 1.54) is 6.07 Å². The number of thiazole rings is 1. The van der Waals surface area contributed by atoms with Gasteiger partial charge in [-0.25, -0.2) is 9.37 Å². The SMILES string of the molecule is CCCNC(c1ccc(Cl)c(F)c1)c1nccs1. The first-order chi connectivity index (χ1) is 8.72. The van der Waals surface area contributed by atoms with Crippen LogP contribution in [0.2, 0.25) is 5.02 Å². The van der Waals surface area contributed by atoms with Gasteiger partial charge in [-0.05, 0) is 30.7 Å². The van der Waals surface area contributed by atoms with Crippen LogP contribution in [0.5, 0.6) is 0 Å². The second kappa shape index (κ2) is 6.27. The summed E-state index contributed by atoms with van der Waals surface area (Å²) in [6, 6.07) is 4.81. The fourth-order valence-corrected chi connectivity index (χ4v) is 2.56. The Hall–Kier alpha value is -0.970. The molecule has 2 nitrogen and oxygen atoms in total. The maximum Gasteiger partial charge on any atom is 0.142 e. The van der Waals surface area contributed by atoms with Crippen molar-refractivity contribution in [2.75, 3.05) is 6.54 Å². The largest absolute Gasteiger partial charge is 0.304 e. The molecule has 2 rings (SSSR count). The number of benzene rings is 1. The van der Waals surface area contributed by atoms with Crippen molar-refractivity contribution < 1.29 is 4.39 Å². The van der Waals surface area contributed by atoms with Crippen LogP contribution in [0.25, 0.3) is 0 Å². The summed E-state index contributed by atoms with van der Waals surface area (Å²) < 4.78 is 13.5. The smallest absolute Gasteiger partial charge is 0.142 e. The van der Waals surface area contributed by atoms with E-state index < -0.39 is 5.82 Å². The number of rotatable bonds is 5. The lowest BCUT2D eigenvalue weighted by Gasteiger charge is -2.16. The average molecular weight is 285 g/mol. The van der Waals surface area contributed by atoms with Gasteiger partial charge in [0, 0.05) is 11.6 Å². The Bertz CT molecular complexity index is 502. The van der Waals surface area contributed by atoms with Gasteiger partial charge in [0.25, 0.3) is 0 Å². The molecule has 1 atom stereocenters. The lowest BCUT2D eigenvalue weighted by Crippen LogP contribution is -2.23. The van der Waals surface area contributed by atoms with E-state index in [2.05, 4.69) is 17.2 Å². The topological polar surface area (TPSA) is 24.9 Å². The van der Waals surface area contributed by atoms with Crippen LogP contribution in [-0.2, 0) is 0 Å². The first kappa shape index (κ1) is 13.5. The zero-order chi connectivity index (χ0) is 13.0. The average Bonchev–Trinajstić information content (AvgIpc) is 2.88. The highest BCUT2D eigenvalue weighted by Crippen LogP contribution is 2.26. The van der Waals surface area contributed by atoms with Gasteiger partial charge in [-0.15, -0.1) is 11.3 Å². The first-order valence-corrected chi connectivity index (χ1v) is 7.06. The second-order valence-electron chi connectivity index (χ2n) is 3.93. The molecule has 0 bridgehead atoms. The number of nitrogens with zero attached hydrogens (tertiary/aromatic N) is 1. The molecule has 1 aromatic carbocycles. The van der Waals surface area contributed by atoms with E-state index in [0.29, 0.717) is 0 Å². The van der Waals surface area contributed by atoms with Gasteiger partial charge >= 0.3 is 0 Å². The normalized spacial score (nSPS) is 12.6. The summed E-state index contributed by atoms with van der Waals surface area (Å²) in [5.74, 6) is -0.394. The van der Waals surface area contributed by atoms with Gasteiger partial charge in [0.15, 0.2) is 0 Å². The van der Waals surface area contributed by atoms with Crippen LogP contribution in [-0.4, -0.2) is 11.5 Å². The van der Waals surface area contributed by atoms with Gasteiger partial charge in [0.05, 0.1) is 11.1 Å². The van der Waals surface area contributed by atoms with Crippen molar-refractivity contribution in [1.29, 1.82) is 0 Å². The van der Waals surface area contributed by atoms with Crippen LogP contribution in [0.15, 0.2) is 29.8 Å². The number of halogens is 2. The standard InChI is InChI=1S/C13H14ClFN2S/c1-2-5-16-12(13-17-6-7-18-13)9-3-4-10(14)11(15)8-9/h3-4,6-8,12,16H,2,5H2,1H3. The third-order valence-electron chi connectivity index (χ3n) is 2.57. The van der Waals surface area contributed by atoms with Crippen molar-refractivity contribution >= 4 is 22.9 Å². The summed E-state index contributed by atoms with van der Waals surface area (Å²) in [7, 11) is 0. The molecule has 5 heteroatoms. The highest BCUT2D eigenvalue weighted by Gasteiger charge is 2.17. The first-order valence-electron chi connectivity index (χ1n) is 5.80. The molecule has 1 N–H and O–H groups in total. The Morgan fingerprint density at radius 1 is 1.50 bits per heavy atom. The molecule has 0 amide bonds. The zero-order valence-electron chi connectivity index (χ0n) is 9.99. The predicted molar refractivity (Wildman–Crippen MR) is 73.7 cm³/mol. The van der Waals surface area contributed by atoms with E-state index in [-0.39, 0.29) is 11.1 Å². The van der Waals surface area contributed by atoms with E-state index in [4.69, 9.17) is 11.6 Å². The molecule has 1 aromatic heterocycles. The molecular weight excluding hydrogens is 271 g/mol. The summed E-state index contributed by atoms with van der Waals surface area (Å²) in [6.07, 6.45) is 2.77. The monoisotopic (exact) mass is 284 g/mol. The van der Waals surface area contributed by atoms with E-state index in [1.807, 2.05) is 11.4 Å². The van der Waals surface area contributed by atoms with Gasteiger partial charge < -0.3 is 5.32 Å². The van der Waals surface area contributed by atoms with E-state index in [0.717, 1.165) is 23.5 Å². The molecule has 0 fully saturated rings. The number of hydrogen-bond acceptors (Lipinski definition) is 3. The minimum Gasteiger partial charge on any atom is -0.304 e. The molecule has 0 aliphatic carbocycles. The maximum atomic E-state index is 13.5. The van der Waals surface area contributed by atoms with Crippen molar-refractivity contribution in [1.82, 2.24) is 10.3 Å². The van der Waals surface area contributed by atoms with Gasteiger partial charge in [-0.3, -0.25) is 0 Å². The van der Waals surface area contributed by atoms with E-state index in [1.54, 1.807) is 23.6 Å². The third kappa shape index (κ3) is 3.07. The van der Waals surface area contributed by atoms with Gasteiger partial charge in [-0.1, -0.05) is 24.6 Å². The molecule has 0 saturated heterocycles. The van der Waals surface area contributed by atoms with Crippen molar-refractivity contribution in [3.8, 4) is 0 Å². The molecule has 1 unspecified atom stereocenters. The fourth-order valence-electron chi connectivity index (χ4n) is 1.71. The summed E-state index contributed by atoms with van der Waals surface area (Å²) in [5, 5.41) is 6.37. The lowest BCUT2D eigenvalue weighted by atomic mass is 10.1. The maximum absolute atomic E-state index is 13.5. The van der Waals surface area contributed by atoms with Gasteiger partial charge in [-0.2, -0.15) is 0 Å². The van der Waals surface area contributed by atoms with E-state index in [9.17, 15) is 4.39 Å². The highest BCUT2D eigenvalue weighted by molar-refractivity contribution is 7.09.